The van der Waals surface area contributed by atoms with E-state index in [9.17, 15) is 14.4 Å². The first-order valence-electron chi connectivity index (χ1n) is 15.1. The predicted molar refractivity (Wildman–Crippen MR) is 168 cm³/mol. The predicted octanol–water partition coefficient (Wildman–Crippen LogP) is 5.56. The number of amides is 2. The van der Waals surface area contributed by atoms with Crippen LogP contribution in [0, 0.1) is 11.3 Å². The van der Waals surface area contributed by atoms with Gasteiger partial charge in [0.15, 0.2) is 0 Å². The molecule has 43 heavy (non-hydrogen) atoms. The number of imidazole rings is 1. The Labute approximate surface area is 256 Å². The molecule has 0 bridgehead atoms. The van der Waals surface area contributed by atoms with Crippen molar-refractivity contribution in [2.45, 2.75) is 65.5 Å². The van der Waals surface area contributed by atoms with Crippen LogP contribution in [0.5, 0.6) is 0 Å². The van der Waals surface area contributed by atoms with Crippen LogP contribution in [0.25, 0.3) is 22.2 Å². The second-order valence-electron chi connectivity index (χ2n) is 13.2. The molecular formula is C33H39ClN6O3. The zero-order chi connectivity index (χ0) is 30.3. The molecule has 1 fully saturated rings. The smallest absolute Gasteiger partial charge is 0.326 e. The molecule has 2 aromatic heterocycles. The summed E-state index contributed by atoms with van der Waals surface area (Å²) in [5, 5.41) is 8.77. The van der Waals surface area contributed by atoms with E-state index in [-0.39, 0.29) is 35.4 Å². The van der Waals surface area contributed by atoms with E-state index in [4.69, 9.17) is 11.6 Å². The number of hydrogen-bond acceptors (Lipinski definition) is 4. The summed E-state index contributed by atoms with van der Waals surface area (Å²) in [5.74, 6) is -0.369. The van der Waals surface area contributed by atoms with Crippen LogP contribution in [0.3, 0.4) is 0 Å². The Morgan fingerprint density at radius 2 is 1.84 bits per heavy atom. The van der Waals surface area contributed by atoms with Crippen molar-refractivity contribution in [2.24, 2.45) is 11.3 Å². The van der Waals surface area contributed by atoms with Crippen LogP contribution in [0.2, 0.25) is 5.02 Å². The molecule has 226 valence electrons. The highest BCUT2D eigenvalue weighted by molar-refractivity contribution is 6.35. The Balaban J connectivity index is 1.15. The fourth-order valence-corrected chi connectivity index (χ4v) is 6.92. The van der Waals surface area contributed by atoms with Crippen LogP contribution in [0.1, 0.15) is 63.6 Å². The number of carbonyl (C=O) groups is 2. The number of rotatable bonds is 5. The largest absolute Gasteiger partial charge is 0.343 e. The van der Waals surface area contributed by atoms with Gasteiger partial charge in [-0.15, -0.1) is 0 Å². The van der Waals surface area contributed by atoms with Gasteiger partial charge in [-0.1, -0.05) is 62.7 Å². The zero-order valence-electron chi connectivity index (χ0n) is 25.0. The van der Waals surface area contributed by atoms with Crippen molar-refractivity contribution in [2.75, 3.05) is 19.6 Å². The van der Waals surface area contributed by atoms with Crippen LogP contribution >= 0.6 is 11.6 Å². The number of benzene rings is 2. The number of nitrogens with zero attached hydrogens (tertiary/aromatic N) is 4. The minimum absolute atomic E-state index is 0.00279. The molecule has 0 spiro atoms. The van der Waals surface area contributed by atoms with E-state index in [1.54, 1.807) is 10.8 Å². The molecule has 4 heterocycles. The van der Waals surface area contributed by atoms with Gasteiger partial charge in [0.1, 0.15) is 0 Å². The van der Waals surface area contributed by atoms with Crippen molar-refractivity contribution in [1.29, 1.82) is 0 Å². The summed E-state index contributed by atoms with van der Waals surface area (Å²) < 4.78 is 1.77. The maximum absolute atomic E-state index is 14.0. The third-order valence-electron chi connectivity index (χ3n) is 8.79. The number of likely N-dealkylation sites (tertiary alicyclic amines) is 1. The summed E-state index contributed by atoms with van der Waals surface area (Å²) in [5.41, 5.74) is 4.50. The number of nitrogens with one attached hydrogen (secondary N) is 2. The van der Waals surface area contributed by atoms with Gasteiger partial charge in [0.2, 0.25) is 11.8 Å². The van der Waals surface area contributed by atoms with Gasteiger partial charge in [-0.25, -0.2) is 4.79 Å². The highest BCUT2D eigenvalue weighted by Gasteiger charge is 2.34. The van der Waals surface area contributed by atoms with Crippen LogP contribution in [-0.4, -0.2) is 61.0 Å². The lowest BCUT2D eigenvalue weighted by Crippen LogP contribution is -2.45. The number of aryl methyl sites for hydroxylation is 1. The Kier molecular flexibility index (Phi) is 7.94. The van der Waals surface area contributed by atoms with Crippen molar-refractivity contribution in [3.63, 3.8) is 0 Å². The first kappa shape index (κ1) is 29.2. The van der Waals surface area contributed by atoms with Crippen molar-refractivity contribution < 1.29 is 9.59 Å². The first-order chi connectivity index (χ1) is 20.6. The van der Waals surface area contributed by atoms with Crippen molar-refractivity contribution in [1.82, 2.24) is 29.5 Å². The Hall–Kier alpha value is -3.85. The van der Waals surface area contributed by atoms with E-state index in [1.807, 2.05) is 52.4 Å². The molecule has 0 radical (unpaired) electrons. The molecule has 6 rings (SSSR count). The minimum atomic E-state index is -0.403. The summed E-state index contributed by atoms with van der Waals surface area (Å²) in [4.78, 5) is 47.1. The van der Waals surface area contributed by atoms with Gasteiger partial charge in [0.05, 0.1) is 22.4 Å². The average Bonchev–Trinajstić information content (AvgIpc) is 3.63. The summed E-state index contributed by atoms with van der Waals surface area (Å²) >= 11 is 6.59. The van der Waals surface area contributed by atoms with Gasteiger partial charge >= 0.3 is 5.69 Å². The Morgan fingerprint density at radius 3 is 2.56 bits per heavy atom. The number of H-pyrrole nitrogens is 2. The third kappa shape index (κ3) is 6.13. The second-order valence-corrected chi connectivity index (χ2v) is 13.6. The maximum atomic E-state index is 14.0. The van der Waals surface area contributed by atoms with Crippen LogP contribution in [-0.2, 0) is 22.6 Å². The molecule has 2 N–H and O–H groups in total. The number of aromatic amines is 2. The fraction of sp³-hybridized carbons (Fsp3) is 0.455. The lowest BCUT2D eigenvalue weighted by atomic mass is 9.87. The summed E-state index contributed by atoms with van der Waals surface area (Å²) in [7, 11) is 0. The standard InChI is InChI=1S/C33H39ClN6O3/c1-33(2,3)20-39-18-26-22(15-27(34)30-25(26)17-35-37-30)9-10-23(31(39)42)16-29(41)38-13-11-24(12-14-38)40-19-28(36-32(40)43)21-7-5-4-6-8-21/h4-8,15,17,19,23-24H,9-14,16,18,20H2,1-3H3,(H,35,37)(H,36,43)/t23-/m0/s1. The topological polar surface area (TPSA) is 107 Å². The molecular weight excluding hydrogens is 564 g/mol. The number of halogens is 1. The monoisotopic (exact) mass is 602 g/mol. The highest BCUT2D eigenvalue weighted by atomic mass is 35.5. The molecule has 2 aliphatic heterocycles. The van der Waals surface area contributed by atoms with Crippen LogP contribution in [0.15, 0.2) is 53.6 Å². The van der Waals surface area contributed by atoms with Crippen molar-refractivity contribution >= 4 is 34.3 Å². The average molecular weight is 603 g/mol. The Morgan fingerprint density at radius 1 is 1.09 bits per heavy atom. The quantitative estimate of drug-likeness (QED) is 0.312. The lowest BCUT2D eigenvalue weighted by Gasteiger charge is -2.36. The van der Waals surface area contributed by atoms with E-state index < -0.39 is 5.92 Å². The molecule has 1 atom stereocenters. The molecule has 0 aliphatic carbocycles. The lowest BCUT2D eigenvalue weighted by molar-refractivity contribution is -0.143. The molecule has 0 saturated carbocycles. The maximum Gasteiger partial charge on any atom is 0.326 e. The van der Waals surface area contributed by atoms with E-state index in [0.29, 0.717) is 56.9 Å². The van der Waals surface area contributed by atoms with E-state index in [0.717, 1.165) is 33.3 Å². The normalized spacial score (nSPS) is 18.5. The fourth-order valence-electron chi connectivity index (χ4n) is 6.65. The van der Waals surface area contributed by atoms with Gasteiger partial charge in [-0.3, -0.25) is 19.3 Å². The van der Waals surface area contributed by atoms with Crippen LogP contribution in [0.4, 0.5) is 0 Å². The van der Waals surface area contributed by atoms with Gasteiger partial charge in [0, 0.05) is 56.1 Å². The van der Waals surface area contributed by atoms with Gasteiger partial charge in [-0.05, 0) is 53.9 Å². The Bertz CT molecular complexity index is 1690. The summed E-state index contributed by atoms with van der Waals surface area (Å²) in [6.07, 6.45) is 6.50. The van der Waals surface area contributed by atoms with Gasteiger partial charge in [0.25, 0.3) is 0 Å². The van der Waals surface area contributed by atoms with E-state index in [2.05, 4.69) is 36.0 Å². The number of hydrogen-bond donors (Lipinski definition) is 2. The van der Waals surface area contributed by atoms with Crippen molar-refractivity contribution in [3.05, 3.63) is 75.4 Å². The third-order valence-corrected chi connectivity index (χ3v) is 9.09. The van der Waals surface area contributed by atoms with E-state index in [1.165, 1.54) is 0 Å². The molecule has 0 unspecified atom stereocenters. The first-order valence-corrected chi connectivity index (χ1v) is 15.5. The molecule has 2 aliphatic rings. The highest BCUT2D eigenvalue weighted by Crippen LogP contribution is 2.34. The molecule has 2 aromatic carbocycles. The van der Waals surface area contributed by atoms with Crippen LogP contribution < -0.4 is 5.69 Å². The molecule has 4 aromatic rings. The number of fused-ring (bicyclic) bond motifs is 3. The van der Waals surface area contributed by atoms with Gasteiger partial charge in [-0.2, -0.15) is 5.10 Å². The summed E-state index contributed by atoms with van der Waals surface area (Å²) in [6.45, 7) is 8.54. The number of piperidine rings is 1. The van der Waals surface area contributed by atoms with Crippen molar-refractivity contribution in [3.8, 4) is 11.3 Å². The second kappa shape index (κ2) is 11.7. The molecule has 2 amide bonds. The van der Waals surface area contributed by atoms with Gasteiger partial charge < -0.3 is 14.8 Å². The molecule has 1 saturated heterocycles. The molecule has 9 nitrogen and oxygen atoms in total. The number of aromatic nitrogens is 4. The minimum Gasteiger partial charge on any atom is -0.343 e. The number of carbonyl (C=O) groups excluding carboxylic acids is 2. The van der Waals surface area contributed by atoms with E-state index >= 15 is 0 Å². The zero-order valence-corrected chi connectivity index (χ0v) is 25.8. The molecule has 10 heteroatoms. The summed E-state index contributed by atoms with van der Waals surface area (Å²) in [6, 6.07) is 11.8. The SMILES string of the molecule is CC(C)(C)CN1Cc2c(cc(Cl)c3[nH]ncc23)CC[C@@H](CC(=O)N2CCC(n3cc(-c4ccccc4)[nH]c3=O)CC2)C1=O.